The van der Waals surface area contributed by atoms with E-state index < -0.39 is 5.60 Å². The van der Waals surface area contributed by atoms with Crippen LogP contribution in [0.2, 0.25) is 0 Å². The maximum absolute atomic E-state index is 11.5. The first-order valence-electron chi connectivity index (χ1n) is 8.27. The van der Waals surface area contributed by atoms with E-state index in [1.54, 1.807) is 14.2 Å². The predicted octanol–water partition coefficient (Wildman–Crippen LogP) is 2.70. The van der Waals surface area contributed by atoms with Crippen molar-refractivity contribution in [3.05, 3.63) is 29.8 Å². The highest BCUT2D eigenvalue weighted by Gasteiger charge is 2.38. The molecule has 0 bridgehead atoms. The predicted molar refractivity (Wildman–Crippen MR) is 88.2 cm³/mol. The van der Waals surface area contributed by atoms with Crippen molar-refractivity contribution >= 4 is 0 Å². The van der Waals surface area contributed by atoms with Gasteiger partial charge >= 0.3 is 0 Å². The van der Waals surface area contributed by atoms with Crippen LogP contribution in [0, 0.1) is 5.92 Å². The van der Waals surface area contributed by atoms with Crippen LogP contribution >= 0.6 is 0 Å². The SMILES string of the molecule is COCCCC[C@@](O)(c1cccc(OC)c1)C1CCCNC1. The van der Waals surface area contributed by atoms with Crippen LogP contribution in [0.1, 0.15) is 37.7 Å². The van der Waals surface area contributed by atoms with Crippen LogP contribution in [-0.2, 0) is 10.3 Å². The zero-order chi connectivity index (χ0) is 15.8. The largest absolute Gasteiger partial charge is 0.497 e. The second-order valence-corrected chi connectivity index (χ2v) is 6.15. The molecule has 1 heterocycles. The maximum atomic E-state index is 11.5. The summed E-state index contributed by atoms with van der Waals surface area (Å²) in [7, 11) is 3.39. The van der Waals surface area contributed by atoms with Crippen molar-refractivity contribution in [1.29, 1.82) is 0 Å². The third kappa shape index (κ3) is 4.22. The molecule has 0 aromatic heterocycles. The summed E-state index contributed by atoms with van der Waals surface area (Å²) in [5.74, 6) is 1.05. The van der Waals surface area contributed by atoms with Crippen LogP contribution in [0.15, 0.2) is 24.3 Å². The lowest BCUT2D eigenvalue weighted by Crippen LogP contribution is -2.44. The molecule has 4 nitrogen and oxygen atoms in total. The molecule has 0 radical (unpaired) electrons. The molecule has 1 fully saturated rings. The van der Waals surface area contributed by atoms with E-state index in [0.29, 0.717) is 0 Å². The second kappa shape index (κ2) is 8.51. The first kappa shape index (κ1) is 17.3. The molecule has 1 saturated heterocycles. The molecule has 22 heavy (non-hydrogen) atoms. The number of hydrogen-bond donors (Lipinski definition) is 2. The summed E-state index contributed by atoms with van der Waals surface area (Å²) in [6.45, 7) is 2.67. The molecule has 0 amide bonds. The summed E-state index contributed by atoms with van der Waals surface area (Å²) >= 11 is 0. The molecule has 4 heteroatoms. The Kier molecular flexibility index (Phi) is 6.68. The van der Waals surface area contributed by atoms with Gasteiger partial charge in [-0.25, -0.2) is 0 Å². The first-order chi connectivity index (χ1) is 10.7. The molecule has 0 aliphatic carbocycles. The average molecular weight is 307 g/mol. The fourth-order valence-corrected chi connectivity index (χ4v) is 3.38. The lowest BCUT2D eigenvalue weighted by molar-refractivity contribution is -0.0435. The molecular formula is C18H29NO3. The van der Waals surface area contributed by atoms with Crippen LogP contribution < -0.4 is 10.1 Å². The van der Waals surface area contributed by atoms with Gasteiger partial charge in [0.15, 0.2) is 0 Å². The molecule has 2 rings (SSSR count). The van der Waals surface area contributed by atoms with Gasteiger partial charge in [0, 0.05) is 26.2 Å². The number of hydrogen-bond acceptors (Lipinski definition) is 4. The van der Waals surface area contributed by atoms with E-state index in [-0.39, 0.29) is 5.92 Å². The Balaban J connectivity index is 2.18. The lowest BCUT2D eigenvalue weighted by atomic mass is 9.74. The maximum Gasteiger partial charge on any atom is 0.119 e. The summed E-state index contributed by atoms with van der Waals surface area (Å²) in [5, 5.41) is 14.9. The standard InChI is InChI=1S/C18H29NO3/c1-21-12-4-3-10-18(20,16-8-6-11-19-14-16)15-7-5-9-17(13-15)22-2/h5,7,9,13,16,19-20H,3-4,6,8,10-12,14H2,1-2H3/t16?,18-/m1/s1. The molecule has 1 aliphatic rings. The van der Waals surface area contributed by atoms with Crippen LogP contribution in [0.3, 0.4) is 0 Å². The minimum atomic E-state index is -0.796. The van der Waals surface area contributed by atoms with Gasteiger partial charge in [-0.1, -0.05) is 12.1 Å². The third-order valence-corrected chi connectivity index (χ3v) is 4.70. The van der Waals surface area contributed by atoms with E-state index in [0.717, 1.165) is 63.1 Å². The lowest BCUT2D eigenvalue weighted by Gasteiger charge is -2.39. The monoisotopic (exact) mass is 307 g/mol. The highest BCUT2D eigenvalue weighted by molar-refractivity contribution is 5.33. The highest BCUT2D eigenvalue weighted by Crippen LogP contribution is 2.39. The van der Waals surface area contributed by atoms with Gasteiger partial charge in [-0.3, -0.25) is 0 Å². The number of methoxy groups -OCH3 is 2. The number of unbranched alkanes of at least 4 members (excludes halogenated alkanes) is 1. The molecule has 2 N–H and O–H groups in total. The average Bonchev–Trinajstić information content (AvgIpc) is 2.59. The molecule has 1 aliphatic heterocycles. The second-order valence-electron chi connectivity index (χ2n) is 6.15. The summed E-state index contributed by atoms with van der Waals surface area (Å²) in [5.41, 5.74) is 0.174. The number of ether oxygens (including phenoxy) is 2. The molecule has 0 saturated carbocycles. The van der Waals surface area contributed by atoms with E-state index in [1.807, 2.05) is 24.3 Å². The molecule has 1 aromatic rings. The Labute approximate surface area is 133 Å². The van der Waals surface area contributed by atoms with Crippen LogP contribution in [0.25, 0.3) is 0 Å². The van der Waals surface area contributed by atoms with Crippen LogP contribution in [0.5, 0.6) is 5.75 Å². The Bertz CT molecular complexity index is 446. The van der Waals surface area contributed by atoms with Crippen molar-refractivity contribution in [3.8, 4) is 5.75 Å². The number of benzene rings is 1. The minimum absolute atomic E-state index is 0.246. The van der Waals surface area contributed by atoms with Crippen molar-refractivity contribution in [3.63, 3.8) is 0 Å². The molecule has 1 aromatic carbocycles. The fraction of sp³-hybridized carbons (Fsp3) is 0.667. The van der Waals surface area contributed by atoms with E-state index in [1.165, 1.54) is 0 Å². The van der Waals surface area contributed by atoms with Crippen LogP contribution in [-0.4, -0.2) is 39.0 Å². The van der Waals surface area contributed by atoms with Gasteiger partial charge in [0.2, 0.25) is 0 Å². The van der Waals surface area contributed by atoms with E-state index in [9.17, 15) is 5.11 Å². The van der Waals surface area contributed by atoms with Crippen molar-refractivity contribution in [1.82, 2.24) is 5.32 Å². The van der Waals surface area contributed by atoms with E-state index >= 15 is 0 Å². The molecule has 124 valence electrons. The molecule has 0 spiro atoms. The van der Waals surface area contributed by atoms with Gasteiger partial charge in [0.25, 0.3) is 0 Å². The number of aliphatic hydroxyl groups is 1. The zero-order valence-corrected chi connectivity index (χ0v) is 13.8. The Hall–Kier alpha value is -1.10. The topological polar surface area (TPSA) is 50.7 Å². The number of piperidine rings is 1. The van der Waals surface area contributed by atoms with Gasteiger partial charge in [-0.05, 0) is 56.3 Å². The van der Waals surface area contributed by atoms with Crippen molar-refractivity contribution in [2.75, 3.05) is 33.9 Å². The van der Waals surface area contributed by atoms with Crippen LogP contribution in [0.4, 0.5) is 0 Å². The minimum Gasteiger partial charge on any atom is -0.497 e. The van der Waals surface area contributed by atoms with E-state index in [4.69, 9.17) is 9.47 Å². The summed E-state index contributed by atoms with van der Waals surface area (Å²) in [6, 6.07) is 7.89. The summed E-state index contributed by atoms with van der Waals surface area (Å²) in [6.07, 6.45) is 4.87. The van der Waals surface area contributed by atoms with Crippen molar-refractivity contribution < 1.29 is 14.6 Å². The zero-order valence-electron chi connectivity index (χ0n) is 13.8. The van der Waals surface area contributed by atoms with Crippen molar-refractivity contribution in [2.45, 2.75) is 37.7 Å². The van der Waals surface area contributed by atoms with Gasteiger partial charge < -0.3 is 19.9 Å². The van der Waals surface area contributed by atoms with Crippen molar-refractivity contribution in [2.24, 2.45) is 5.92 Å². The number of nitrogens with one attached hydrogen (secondary N) is 1. The first-order valence-corrected chi connectivity index (χ1v) is 8.27. The Morgan fingerprint density at radius 2 is 2.18 bits per heavy atom. The Morgan fingerprint density at radius 1 is 1.32 bits per heavy atom. The normalized spacial score (nSPS) is 21.3. The molecule has 2 atom stereocenters. The Morgan fingerprint density at radius 3 is 2.86 bits per heavy atom. The smallest absolute Gasteiger partial charge is 0.119 e. The summed E-state index contributed by atoms with van der Waals surface area (Å²) < 4.78 is 10.5. The van der Waals surface area contributed by atoms with E-state index in [2.05, 4.69) is 5.32 Å². The highest BCUT2D eigenvalue weighted by atomic mass is 16.5. The summed E-state index contributed by atoms with van der Waals surface area (Å²) in [4.78, 5) is 0. The van der Waals surface area contributed by atoms with Gasteiger partial charge in [-0.2, -0.15) is 0 Å². The molecule has 1 unspecified atom stereocenters. The fourth-order valence-electron chi connectivity index (χ4n) is 3.38. The van der Waals surface area contributed by atoms with Gasteiger partial charge in [0.1, 0.15) is 5.75 Å². The number of rotatable bonds is 8. The van der Waals surface area contributed by atoms with Gasteiger partial charge in [-0.15, -0.1) is 0 Å². The quantitative estimate of drug-likeness (QED) is 0.725. The third-order valence-electron chi connectivity index (χ3n) is 4.70. The molecular weight excluding hydrogens is 278 g/mol. The van der Waals surface area contributed by atoms with Gasteiger partial charge in [0.05, 0.1) is 12.7 Å².